The van der Waals surface area contributed by atoms with Gasteiger partial charge < -0.3 is 19.7 Å². The molecule has 0 aromatic carbocycles. The summed E-state index contributed by atoms with van der Waals surface area (Å²) in [6.45, 7) is 11.4. The zero-order valence-electron chi connectivity index (χ0n) is 25.2. The van der Waals surface area contributed by atoms with Crippen molar-refractivity contribution >= 4 is 11.9 Å². The Labute approximate surface area is 236 Å². The summed E-state index contributed by atoms with van der Waals surface area (Å²) in [7, 11) is 0. The zero-order valence-corrected chi connectivity index (χ0v) is 25.2. The van der Waals surface area contributed by atoms with Crippen LogP contribution in [0.2, 0.25) is 0 Å². The van der Waals surface area contributed by atoms with Gasteiger partial charge in [-0.05, 0) is 63.0 Å². The molecule has 0 spiro atoms. The molecule has 0 radical (unpaired) electrons. The molecule has 0 fully saturated rings. The van der Waals surface area contributed by atoms with E-state index < -0.39 is 24.6 Å². The molecule has 1 aliphatic carbocycles. The fraction of sp³-hybridized carbons (Fsp3) is 0.636. The lowest BCUT2D eigenvalue weighted by Gasteiger charge is -2.32. The van der Waals surface area contributed by atoms with Crippen LogP contribution < -0.4 is 0 Å². The number of aliphatic hydroxyl groups is 2. The average Bonchev–Trinajstić information content (AvgIpc) is 2.88. The van der Waals surface area contributed by atoms with Crippen molar-refractivity contribution < 1.29 is 29.3 Å². The summed E-state index contributed by atoms with van der Waals surface area (Å²) in [5.74, 6) is -0.967. The molecule has 1 aliphatic rings. The van der Waals surface area contributed by atoms with Crippen LogP contribution in [-0.4, -0.2) is 48.6 Å². The Balaban J connectivity index is 2.60. The lowest BCUT2D eigenvalue weighted by atomic mass is 9.72. The molecule has 39 heavy (non-hydrogen) atoms. The number of esters is 2. The third kappa shape index (κ3) is 13.5. The Kier molecular flexibility index (Phi) is 16.0. The molecule has 6 heteroatoms. The molecule has 1 rings (SSSR count). The van der Waals surface area contributed by atoms with Gasteiger partial charge in [0.15, 0.2) is 0 Å². The maximum absolute atomic E-state index is 12.3. The zero-order chi connectivity index (χ0) is 29.3. The second kappa shape index (κ2) is 18.0. The van der Waals surface area contributed by atoms with Crippen LogP contribution in [0.1, 0.15) is 99.3 Å². The smallest absolute Gasteiger partial charge is 0.331 e. The van der Waals surface area contributed by atoms with Crippen LogP contribution in [0.15, 0.2) is 58.7 Å². The first-order valence-electron chi connectivity index (χ1n) is 14.4. The molecule has 0 aliphatic heterocycles. The molecular weight excluding hydrogens is 492 g/mol. The molecule has 0 bridgehead atoms. The molecule has 0 saturated heterocycles. The molecule has 6 nitrogen and oxygen atoms in total. The van der Waals surface area contributed by atoms with Crippen LogP contribution in [0.5, 0.6) is 0 Å². The Morgan fingerprint density at radius 1 is 0.974 bits per heavy atom. The van der Waals surface area contributed by atoms with E-state index in [0.29, 0.717) is 12.0 Å². The third-order valence-corrected chi connectivity index (χ3v) is 7.33. The van der Waals surface area contributed by atoms with E-state index in [1.165, 1.54) is 30.1 Å². The van der Waals surface area contributed by atoms with Crippen molar-refractivity contribution in [1.29, 1.82) is 0 Å². The van der Waals surface area contributed by atoms with Gasteiger partial charge in [-0.25, -0.2) is 4.79 Å². The van der Waals surface area contributed by atoms with Gasteiger partial charge >= 0.3 is 11.9 Å². The van der Waals surface area contributed by atoms with Crippen molar-refractivity contribution in [2.75, 3.05) is 26.4 Å². The predicted octanol–water partition coefficient (Wildman–Crippen LogP) is 6.94. The molecule has 0 unspecified atom stereocenters. The molecule has 0 atom stereocenters. The lowest BCUT2D eigenvalue weighted by Crippen LogP contribution is -2.41. The summed E-state index contributed by atoms with van der Waals surface area (Å²) in [5, 5.41) is 19.6. The Morgan fingerprint density at radius 2 is 1.64 bits per heavy atom. The number of carbonyl (C=O) groups is 2. The highest BCUT2D eigenvalue weighted by Gasteiger charge is 2.33. The van der Waals surface area contributed by atoms with E-state index in [4.69, 9.17) is 9.47 Å². The Morgan fingerprint density at radius 3 is 2.28 bits per heavy atom. The summed E-state index contributed by atoms with van der Waals surface area (Å²) in [4.78, 5) is 24.4. The van der Waals surface area contributed by atoms with Gasteiger partial charge in [-0.1, -0.05) is 88.0 Å². The molecule has 0 aromatic rings. The monoisotopic (exact) mass is 544 g/mol. The van der Waals surface area contributed by atoms with Crippen molar-refractivity contribution in [3.8, 4) is 0 Å². The fourth-order valence-corrected chi connectivity index (χ4v) is 4.59. The van der Waals surface area contributed by atoms with Crippen molar-refractivity contribution in [3.63, 3.8) is 0 Å². The first-order valence-corrected chi connectivity index (χ1v) is 14.4. The number of hydrogen-bond acceptors (Lipinski definition) is 6. The van der Waals surface area contributed by atoms with Gasteiger partial charge in [-0.3, -0.25) is 4.79 Å². The first kappa shape index (κ1) is 34.6. The number of hydrogen-bond donors (Lipinski definition) is 2. The molecule has 0 aromatic heterocycles. The number of rotatable bonds is 17. The van der Waals surface area contributed by atoms with Gasteiger partial charge in [0.1, 0.15) is 13.2 Å². The summed E-state index contributed by atoms with van der Waals surface area (Å²) in [6, 6.07) is 0. The van der Waals surface area contributed by atoms with E-state index in [1.807, 2.05) is 25.2 Å². The van der Waals surface area contributed by atoms with Gasteiger partial charge in [-0.2, -0.15) is 0 Å². The molecule has 2 N–H and O–H groups in total. The molecule has 0 amide bonds. The molecule has 0 heterocycles. The quantitative estimate of drug-likeness (QED) is 0.0892. The van der Waals surface area contributed by atoms with Gasteiger partial charge in [0.2, 0.25) is 0 Å². The van der Waals surface area contributed by atoms with Gasteiger partial charge in [-0.15, -0.1) is 0 Å². The normalized spacial score (nSPS) is 16.8. The van der Waals surface area contributed by atoms with Crippen molar-refractivity contribution in [2.45, 2.75) is 99.3 Å². The largest absolute Gasteiger partial charge is 0.465 e. The third-order valence-electron chi connectivity index (χ3n) is 7.33. The van der Waals surface area contributed by atoms with Crippen molar-refractivity contribution in [3.05, 3.63) is 58.7 Å². The summed E-state index contributed by atoms with van der Waals surface area (Å²) in [6.07, 6.45) is 20.4. The number of allylic oxidation sites excluding steroid dienone is 9. The van der Waals surface area contributed by atoms with Gasteiger partial charge in [0, 0.05) is 12.5 Å². The lowest BCUT2D eigenvalue weighted by molar-refractivity contribution is -0.156. The van der Waals surface area contributed by atoms with Crippen LogP contribution in [0, 0.1) is 10.8 Å². The summed E-state index contributed by atoms with van der Waals surface area (Å²) in [5.41, 5.74) is 3.66. The average molecular weight is 545 g/mol. The van der Waals surface area contributed by atoms with Gasteiger partial charge in [0.25, 0.3) is 0 Å². The van der Waals surface area contributed by atoms with E-state index in [0.717, 1.165) is 44.1 Å². The van der Waals surface area contributed by atoms with E-state index in [9.17, 15) is 19.8 Å². The highest BCUT2D eigenvalue weighted by atomic mass is 16.5. The van der Waals surface area contributed by atoms with Gasteiger partial charge in [0.05, 0.1) is 18.6 Å². The van der Waals surface area contributed by atoms with Crippen LogP contribution in [-0.2, 0) is 19.1 Å². The minimum Gasteiger partial charge on any atom is -0.465 e. The van der Waals surface area contributed by atoms with Crippen molar-refractivity contribution in [1.82, 2.24) is 0 Å². The Bertz CT molecular complexity index is 928. The number of aliphatic hydroxyl groups excluding tert-OH is 2. The number of unbranched alkanes of at least 4 members (excludes halogenated alkanes) is 4. The first-order chi connectivity index (χ1) is 18.5. The summed E-state index contributed by atoms with van der Waals surface area (Å²) < 4.78 is 10.6. The van der Waals surface area contributed by atoms with E-state index in [2.05, 4.69) is 39.8 Å². The van der Waals surface area contributed by atoms with E-state index in [1.54, 1.807) is 6.92 Å². The topological polar surface area (TPSA) is 93.1 Å². The van der Waals surface area contributed by atoms with Crippen LogP contribution in [0.4, 0.5) is 0 Å². The second-order valence-corrected chi connectivity index (χ2v) is 11.7. The minimum absolute atomic E-state index is 0.202. The molecule has 0 saturated carbocycles. The number of carbonyl (C=O) groups excluding carboxylic acids is 2. The molecular formula is C33H52O6. The molecule has 220 valence electrons. The highest BCUT2D eigenvalue weighted by molar-refractivity contribution is 5.83. The van der Waals surface area contributed by atoms with E-state index in [-0.39, 0.29) is 24.6 Å². The van der Waals surface area contributed by atoms with Crippen LogP contribution in [0.25, 0.3) is 0 Å². The Hall–Kier alpha value is -2.44. The van der Waals surface area contributed by atoms with Crippen LogP contribution >= 0.6 is 0 Å². The number of ether oxygens (including phenoxy) is 2. The fourth-order valence-electron chi connectivity index (χ4n) is 4.59. The SMILES string of the molecule is CCCCCCCC(=O)OCC(CO)(CO)COC(=O)C=C(C)C=CC=C(C)C=CC1=C(C)CCCC1(C)C. The summed E-state index contributed by atoms with van der Waals surface area (Å²) >= 11 is 0. The minimum atomic E-state index is -1.24. The standard InChI is InChI=1S/C33H52O6/c1-7-8-9-10-11-17-30(36)38-24-33(22-34,23-35)25-39-31(37)21-27(3)15-12-14-26(2)18-19-29-28(4)16-13-20-32(29,5)6/h12,14-15,18-19,21,34-35H,7-11,13,16-17,20,22-25H2,1-6H3. The predicted molar refractivity (Wildman–Crippen MR) is 158 cm³/mol. The highest BCUT2D eigenvalue weighted by Crippen LogP contribution is 2.40. The second-order valence-electron chi connectivity index (χ2n) is 11.7. The van der Waals surface area contributed by atoms with E-state index >= 15 is 0 Å². The maximum atomic E-state index is 12.3. The maximum Gasteiger partial charge on any atom is 0.331 e. The van der Waals surface area contributed by atoms with Crippen LogP contribution in [0.3, 0.4) is 0 Å². The van der Waals surface area contributed by atoms with Crippen molar-refractivity contribution in [2.24, 2.45) is 10.8 Å².